The lowest BCUT2D eigenvalue weighted by Gasteiger charge is -2.13. The summed E-state index contributed by atoms with van der Waals surface area (Å²) in [6, 6.07) is 13.6. The predicted molar refractivity (Wildman–Crippen MR) is 79.9 cm³/mol. The molecule has 0 N–H and O–H groups in total. The summed E-state index contributed by atoms with van der Waals surface area (Å²) in [6.07, 6.45) is 0.755. The van der Waals surface area contributed by atoms with Gasteiger partial charge in [-0.25, -0.2) is 0 Å². The van der Waals surface area contributed by atoms with Gasteiger partial charge in [-0.1, -0.05) is 41.4 Å². The zero-order valence-electron chi connectivity index (χ0n) is 9.96. The Morgan fingerprint density at radius 3 is 2.39 bits per heavy atom. The van der Waals surface area contributed by atoms with E-state index in [-0.39, 0.29) is 5.38 Å². The maximum absolute atomic E-state index is 6.46. The van der Waals surface area contributed by atoms with Crippen LogP contribution in [0.5, 0.6) is 0 Å². The van der Waals surface area contributed by atoms with Gasteiger partial charge < -0.3 is 0 Å². The predicted octanol–water partition coefficient (Wildman–Crippen LogP) is 5.82. The van der Waals surface area contributed by atoms with Gasteiger partial charge in [-0.05, 0) is 54.3 Å². The number of aryl methyl sites for hydroxylation is 1. The summed E-state index contributed by atoms with van der Waals surface area (Å²) in [4.78, 5) is 0. The molecule has 94 valence electrons. The van der Waals surface area contributed by atoms with Crippen LogP contribution in [0.2, 0.25) is 10.0 Å². The molecule has 0 bridgehead atoms. The van der Waals surface area contributed by atoms with Crippen LogP contribution in [0, 0.1) is 6.92 Å². The Bertz CT molecular complexity index is 549. The Kier molecular flexibility index (Phi) is 4.55. The van der Waals surface area contributed by atoms with E-state index in [2.05, 4.69) is 0 Å². The van der Waals surface area contributed by atoms with Gasteiger partial charge in [0.1, 0.15) is 0 Å². The van der Waals surface area contributed by atoms with Crippen LogP contribution in [0.15, 0.2) is 42.5 Å². The van der Waals surface area contributed by atoms with Gasteiger partial charge in [-0.3, -0.25) is 0 Å². The van der Waals surface area contributed by atoms with E-state index in [0.29, 0.717) is 0 Å². The van der Waals surface area contributed by atoms with E-state index in [1.807, 2.05) is 49.4 Å². The molecule has 0 saturated heterocycles. The largest absolute Gasteiger partial charge is 0.117 e. The van der Waals surface area contributed by atoms with Crippen molar-refractivity contribution in [3.63, 3.8) is 0 Å². The first-order valence-corrected chi connectivity index (χ1v) is 6.90. The maximum atomic E-state index is 6.46. The zero-order chi connectivity index (χ0) is 13.1. The van der Waals surface area contributed by atoms with E-state index in [9.17, 15) is 0 Å². The number of hydrogen-bond acceptors (Lipinski definition) is 0. The van der Waals surface area contributed by atoms with Crippen molar-refractivity contribution < 1.29 is 0 Å². The van der Waals surface area contributed by atoms with Crippen LogP contribution in [0.3, 0.4) is 0 Å². The molecule has 2 aromatic rings. The second-order valence-electron chi connectivity index (χ2n) is 4.30. The third-order valence-electron chi connectivity index (χ3n) is 2.87. The lowest BCUT2D eigenvalue weighted by Crippen LogP contribution is -1.98. The van der Waals surface area contributed by atoms with Crippen LogP contribution in [0.4, 0.5) is 0 Å². The lowest BCUT2D eigenvalue weighted by molar-refractivity contribution is 0.910. The summed E-state index contributed by atoms with van der Waals surface area (Å²) in [5.74, 6) is 0. The molecule has 0 saturated carbocycles. The van der Waals surface area contributed by atoms with Crippen molar-refractivity contribution in [2.45, 2.75) is 18.7 Å². The molecule has 0 fully saturated rings. The van der Waals surface area contributed by atoms with Crippen molar-refractivity contribution in [2.24, 2.45) is 0 Å². The highest BCUT2D eigenvalue weighted by Crippen LogP contribution is 2.29. The van der Waals surface area contributed by atoms with E-state index >= 15 is 0 Å². The van der Waals surface area contributed by atoms with Gasteiger partial charge >= 0.3 is 0 Å². The standard InChI is InChI=1S/C15H13Cl3/c1-10-7-13(17)5-6-14(10)15(18)9-11-3-2-4-12(16)8-11/h2-8,15H,9H2,1H3. The summed E-state index contributed by atoms with van der Waals surface area (Å²) in [6.45, 7) is 2.02. The smallest absolute Gasteiger partial charge is 0.0628 e. The summed E-state index contributed by atoms with van der Waals surface area (Å²) < 4.78 is 0. The molecule has 0 aromatic heterocycles. The van der Waals surface area contributed by atoms with Crippen LogP contribution in [-0.4, -0.2) is 0 Å². The van der Waals surface area contributed by atoms with Crippen molar-refractivity contribution in [1.29, 1.82) is 0 Å². The van der Waals surface area contributed by atoms with Gasteiger partial charge in [0.2, 0.25) is 0 Å². The Hall–Kier alpha value is -0.690. The first-order valence-electron chi connectivity index (χ1n) is 5.71. The van der Waals surface area contributed by atoms with Crippen LogP contribution < -0.4 is 0 Å². The molecule has 0 spiro atoms. The lowest BCUT2D eigenvalue weighted by atomic mass is 10.00. The highest BCUT2D eigenvalue weighted by molar-refractivity contribution is 6.31. The number of hydrogen-bond donors (Lipinski definition) is 0. The average molecular weight is 300 g/mol. The number of halogens is 3. The molecule has 0 aliphatic carbocycles. The highest BCUT2D eigenvalue weighted by Gasteiger charge is 2.12. The molecule has 0 aliphatic heterocycles. The maximum Gasteiger partial charge on any atom is 0.0628 e. The first-order chi connectivity index (χ1) is 8.56. The van der Waals surface area contributed by atoms with Crippen molar-refractivity contribution in [3.8, 4) is 0 Å². The van der Waals surface area contributed by atoms with Gasteiger partial charge in [-0.15, -0.1) is 11.6 Å². The molecule has 3 heteroatoms. The summed E-state index contributed by atoms with van der Waals surface area (Å²) in [5.41, 5.74) is 3.36. The van der Waals surface area contributed by atoms with Crippen molar-refractivity contribution in [2.75, 3.05) is 0 Å². The molecule has 0 aliphatic rings. The van der Waals surface area contributed by atoms with E-state index in [4.69, 9.17) is 34.8 Å². The molecule has 0 amide bonds. The molecule has 2 rings (SSSR count). The van der Waals surface area contributed by atoms with E-state index in [1.165, 1.54) is 0 Å². The second kappa shape index (κ2) is 5.97. The molecule has 0 nitrogen and oxygen atoms in total. The van der Waals surface area contributed by atoms with Gasteiger partial charge in [0.05, 0.1) is 5.38 Å². The fourth-order valence-electron chi connectivity index (χ4n) is 1.97. The monoisotopic (exact) mass is 298 g/mol. The quantitative estimate of drug-likeness (QED) is 0.626. The number of alkyl halides is 1. The summed E-state index contributed by atoms with van der Waals surface area (Å²) in [7, 11) is 0. The number of rotatable bonds is 3. The van der Waals surface area contributed by atoms with Crippen molar-refractivity contribution in [3.05, 3.63) is 69.2 Å². The van der Waals surface area contributed by atoms with Crippen LogP contribution in [0.25, 0.3) is 0 Å². The van der Waals surface area contributed by atoms with Crippen molar-refractivity contribution in [1.82, 2.24) is 0 Å². The topological polar surface area (TPSA) is 0 Å². The molecule has 0 radical (unpaired) electrons. The van der Waals surface area contributed by atoms with Crippen molar-refractivity contribution >= 4 is 34.8 Å². The van der Waals surface area contributed by atoms with Gasteiger partial charge in [0, 0.05) is 10.0 Å². The minimum atomic E-state index is -0.0688. The third kappa shape index (κ3) is 3.41. The van der Waals surface area contributed by atoms with Crippen LogP contribution >= 0.6 is 34.8 Å². The SMILES string of the molecule is Cc1cc(Cl)ccc1C(Cl)Cc1cccc(Cl)c1. The molecule has 0 heterocycles. The number of benzene rings is 2. The summed E-state index contributed by atoms with van der Waals surface area (Å²) >= 11 is 18.4. The Morgan fingerprint density at radius 2 is 1.72 bits per heavy atom. The fourth-order valence-corrected chi connectivity index (χ4v) is 2.83. The van der Waals surface area contributed by atoms with Gasteiger partial charge in [0.15, 0.2) is 0 Å². The fraction of sp³-hybridized carbons (Fsp3) is 0.200. The highest BCUT2D eigenvalue weighted by atomic mass is 35.5. The zero-order valence-corrected chi connectivity index (χ0v) is 12.2. The third-order valence-corrected chi connectivity index (χ3v) is 3.73. The van der Waals surface area contributed by atoms with Gasteiger partial charge in [0.25, 0.3) is 0 Å². The van der Waals surface area contributed by atoms with E-state index in [0.717, 1.165) is 33.2 Å². The van der Waals surface area contributed by atoms with E-state index < -0.39 is 0 Å². The van der Waals surface area contributed by atoms with Crippen LogP contribution in [0.1, 0.15) is 22.1 Å². The Morgan fingerprint density at radius 1 is 1.00 bits per heavy atom. The minimum absolute atomic E-state index is 0.0688. The first kappa shape index (κ1) is 13.7. The molecular weight excluding hydrogens is 287 g/mol. The van der Waals surface area contributed by atoms with Crippen LogP contribution in [-0.2, 0) is 6.42 Å². The second-order valence-corrected chi connectivity index (χ2v) is 5.70. The van der Waals surface area contributed by atoms with E-state index in [1.54, 1.807) is 0 Å². The Balaban J connectivity index is 2.19. The normalized spacial score (nSPS) is 12.4. The molecular formula is C15H13Cl3. The molecule has 2 aromatic carbocycles. The average Bonchev–Trinajstić information content (AvgIpc) is 2.28. The van der Waals surface area contributed by atoms with Gasteiger partial charge in [-0.2, -0.15) is 0 Å². The Labute approximate surface area is 122 Å². The minimum Gasteiger partial charge on any atom is -0.117 e. The molecule has 1 unspecified atom stereocenters. The molecule has 1 atom stereocenters. The summed E-state index contributed by atoms with van der Waals surface area (Å²) in [5, 5.41) is 1.41. The molecule has 18 heavy (non-hydrogen) atoms.